The predicted octanol–water partition coefficient (Wildman–Crippen LogP) is 6.95. The molecule has 24 heavy (non-hydrogen) atoms. The summed E-state index contributed by atoms with van der Waals surface area (Å²) in [5.41, 5.74) is 7.39. The lowest BCUT2D eigenvalue weighted by Gasteiger charge is -2.17. The molecule has 0 amide bonds. The van der Waals surface area contributed by atoms with Crippen molar-refractivity contribution in [2.45, 2.75) is 39.8 Å². The minimum Gasteiger partial charge on any atom is -0.206 e. The number of nitrogens with zero attached hydrogens (tertiary/aromatic N) is 1. The van der Waals surface area contributed by atoms with Crippen LogP contribution in [0.2, 0.25) is 0 Å². The van der Waals surface area contributed by atoms with Crippen molar-refractivity contribution in [1.82, 2.24) is 0 Å². The van der Waals surface area contributed by atoms with E-state index in [0.29, 0.717) is 34.7 Å². The highest BCUT2D eigenvalue weighted by Gasteiger charge is 2.35. The van der Waals surface area contributed by atoms with Crippen molar-refractivity contribution < 1.29 is 17.6 Å². The molecule has 0 heterocycles. The smallest absolute Gasteiger partial charge is 0.206 e. The lowest BCUT2D eigenvalue weighted by molar-refractivity contribution is -0.140. The highest BCUT2D eigenvalue weighted by atomic mass is 35.5. The standard InChI is InChI=1S/C17H19ClF4N2/c1-9(2)13-8-14(17(20,21)22)15(19)7-12(13)6-5-10(3)16(24-23)11(4)18/h7-8,10,23H,1,5-6H2,2-4H3/b16-11-,24-23?. The third-order valence-corrected chi connectivity index (χ3v) is 3.94. The molecule has 0 radical (unpaired) electrons. The molecule has 0 saturated carbocycles. The molecule has 1 atom stereocenters. The Labute approximate surface area is 143 Å². The van der Waals surface area contributed by atoms with Crippen LogP contribution in [-0.4, -0.2) is 0 Å². The van der Waals surface area contributed by atoms with E-state index in [1.54, 1.807) is 20.8 Å². The van der Waals surface area contributed by atoms with Gasteiger partial charge in [0, 0.05) is 11.0 Å². The van der Waals surface area contributed by atoms with E-state index in [1.165, 1.54) is 0 Å². The molecule has 1 aromatic carbocycles. The molecule has 0 aliphatic carbocycles. The molecule has 132 valence electrons. The Morgan fingerprint density at radius 2 is 1.92 bits per heavy atom. The van der Waals surface area contributed by atoms with Gasteiger partial charge in [-0.2, -0.15) is 18.3 Å². The van der Waals surface area contributed by atoms with E-state index < -0.39 is 17.6 Å². The molecule has 0 spiro atoms. The summed E-state index contributed by atoms with van der Waals surface area (Å²) in [5.74, 6) is -1.48. The van der Waals surface area contributed by atoms with Crippen LogP contribution in [0.5, 0.6) is 0 Å². The second-order valence-corrected chi connectivity index (χ2v) is 6.30. The van der Waals surface area contributed by atoms with Crippen LogP contribution in [0.25, 0.3) is 5.57 Å². The summed E-state index contributed by atoms with van der Waals surface area (Å²) in [5, 5.41) is 3.76. The largest absolute Gasteiger partial charge is 0.419 e. The monoisotopic (exact) mass is 362 g/mol. The number of benzene rings is 1. The zero-order valence-corrected chi connectivity index (χ0v) is 14.4. The lowest BCUT2D eigenvalue weighted by atomic mass is 9.91. The minimum atomic E-state index is -4.75. The third-order valence-electron chi connectivity index (χ3n) is 3.74. The Morgan fingerprint density at radius 3 is 2.33 bits per heavy atom. The number of rotatable bonds is 6. The van der Waals surface area contributed by atoms with Gasteiger partial charge >= 0.3 is 6.18 Å². The summed E-state index contributed by atoms with van der Waals surface area (Å²) in [6.07, 6.45) is -3.97. The molecule has 0 saturated heterocycles. The fourth-order valence-corrected chi connectivity index (χ4v) is 2.70. The average Bonchev–Trinajstić information content (AvgIpc) is 2.43. The lowest BCUT2D eigenvalue weighted by Crippen LogP contribution is -2.11. The molecule has 1 unspecified atom stereocenters. The van der Waals surface area contributed by atoms with Gasteiger partial charge in [0.05, 0.1) is 11.3 Å². The van der Waals surface area contributed by atoms with Gasteiger partial charge in [0.2, 0.25) is 0 Å². The molecule has 0 bridgehead atoms. The van der Waals surface area contributed by atoms with Crippen LogP contribution in [0.4, 0.5) is 17.6 Å². The Kier molecular flexibility index (Phi) is 6.72. The highest BCUT2D eigenvalue weighted by molar-refractivity contribution is 6.29. The number of alkyl halides is 3. The van der Waals surface area contributed by atoms with E-state index >= 15 is 0 Å². The summed E-state index contributed by atoms with van der Waals surface area (Å²) >= 11 is 5.87. The van der Waals surface area contributed by atoms with E-state index in [2.05, 4.69) is 11.7 Å². The normalized spacial score (nSPS) is 14.2. The maximum absolute atomic E-state index is 13.8. The van der Waals surface area contributed by atoms with Crippen LogP contribution >= 0.6 is 11.6 Å². The molecule has 0 fully saturated rings. The first-order valence-corrected chi connectivity index (χ1v) is 7.66. The van der Waals surface area contributed by atoms with Gasteiger partial charge in [0.1, 0.15) is 5.82 Å². The van der Waals surface area contributed by atoms with Crippen molar-refractivity contribution in [2.75, 3.05) is 0 Å². The molecule has 7 heteroatoms. The van der Waals surface area contributed by atoms with E-state index in [1.807, 2.05) is 0 Å². The van der Waals surface area contributed by atoms with E-state index in [4.69, 9.17) is 17.1 Å². The quantitative estimate of drug-likeness (QED) is 0.420. The number of allylic oxidation sites excluding steroid dienone is 3. The second kappa shape index (κ2) is 7.92. The van der Waals surface area contributed by atoms with Crippen LogP contribution in [0.15, 0.2) is 34.6 Å². The molecular formula is C17H19ClF4N2. The average molecular weight is 363 g/mol. The maximum Gasteiger partial charge on any atom is 0.419 e. The van der Waals surface area contributed by atoms with Crippen LogP contribution in [0.3, 0.4) is 0 Å². The molecule has 1 rings (SSSR count). The van der Waals surface area contributed by atoms with Gasteiger partial charge in [-0.3, -0.25) is 0 Å². The summed E-state index contributed by atoms with van der Waals surface area (Å²) in [4.78, 5) is 0. The molecule has 1 aromatic rings. The van der Waals surface area contributed by atoms with E-state index in [0.717, 1.165) is 12.1 Å². The maximum atomic E-state index is 13.8. The topological polar surface area (TPSA) is 36.2 Å². The van der Waals surface area contributed by atoms with Crippen molar-refractivity contribution >= 4 is 17.2 Å². The Morgan fingerprint density at radius 1 is 1.33 bits per heavy atom. The van der Waals surface area contributed by atoms with E-state index in [-0.39, 0.29) is 11.5 Å². The summed E-state index contributed by atoms with van der Waals surface area (Å²) in [7, 11) is 0. The Bertz CT molecular complexity index is 674. The first-order valence-electron chi connectivity index (χ1n) is 7.28. The van der Waals surface area contributed by atoms with E-state index in [9.17, 15) is 17.6 Å². The number of halogens is 5. The fraction of sp³-hybridized carbons (Fsp3) is 0.412. The zero-order valence-electron chi connectivity index (χ0n) is 13.7. The molecule has 0 aromatic heterocycles. The SMILES string of the molecule is C=C(C)c1cc(C(F)(F)F)c(F)cc1CCC(C)/C(N=N)=C(\C)Cl. The van der Waals surface area contributed by atoms with Crippen molar-refractivity contribution in [2.24, 2.45) is 11.0 Å². The Balaban J connectivity index is 3.17. The van der Waals surface area contributed by atoms with Crippen LogP contribution in [0.1, 0.15) is 43.9 Å². The van der Waals surface area contributed by atoms with Crippen LogP contribution in [-0.2, 0) is 12.6 Å². The number of hydrogen-bond acceptors (Lipinski definition) is 2. The molecule has 0 aliphatic rings. The van der Waals surface area contributed by atoms with Crippen molar-refractivity contribution in [3.05, 3.63) is 51.9 Å². The van der Waals surface area contributed by atoms with Gasteiger partial charge in [-0.05, 0) is 49.9 Å². The first-order chi connectivity index (χ1) is 11.0. The highest BCUT2D eigenvalue weighted by Crippen LogP contribution is 2.35. The van der Waals surface area contributed by atoms with Crippen LogP contribution < -0.4 is 0 Å². The fourth-order valence-electron chi connectivity index (χ4n) is 2.47. The number of hydrogen-bond donors (Lipinski definition) is 1. The number of nitrogens with one attached hydrogen (secondary N) is 1. The summed E-state index contributed by atoms with van der Waals surface area (Å²) in [6, 6.07) is 1.71. The van der Waals surface area contributed by atoms with Gasteiger partial charge in [-0.15, -0.1) is 0 Å². The van der Waals surface area contributed by atoms with Gasteiger partial charge in [-0.25, -0.2) is 9.92 Å². The van der Waals surface area contributed by atoms with Crippen LogP contribution in [0, 0.1) is 17.3 Å². The molecular weight excluding hydrogens is 344 g/mol. The Hall–Kier alpha value is -1.69. The molecule has 1 N–H and O–H groups in total. The van der Waals surface area contributed by atoms with Crippen molar-refractivity contribution in [3.63, 3.8) is 0 Å². The third kappa shape index (κ3) is 4.90. The first kappa shape index (κ1) is 20.4. The van der Waals surface area contributed by atoms with Gasteiger partial charge in [-0.1, -0.05) is 30.7 Å². The van der Waals surface area contributed by atoms with Gasteiger partial charge in [0.25, 0.3) is 0 Å². The second-order valence-electron chi connectivity index (χ2n) is 5.74. The summed E-state index contributed by atoms with van der Waals surface area (Å²) in [6.45, 7) is 8.67. The minimum absolute atomic E-state index is 0.177. The van der Waals surface area contributed by atoms with Gasteiger partial charge in [0.15, 0.2) is 0 Å². The zero-order chi connectivity index (χ0) is 18.7. The number of aryl methyl sites for hydroxylation is 1. The molecule has 0 aliphatic heterocycles. The van der Waals surface area contributed by atoms with Crippen molar-refractivity contribution in [3.8, 4) is 0 Å². The summed E-state index contributed by atoms with van der Waals surface area (Å²) < 4.78 is 52.4. The predicted molar refractivity (Wildman–Crippen MR) is 87.3 cm³/mol. The molecule has 2 nitrogen and oxygen atoms in total. The van der Waals surface area contributed by atoms with Crippen molar-refractivity contribution in [1.29, 1.82) is 5.53 Å². The van der Waals surface area contributed by atoms with Gasteiger partial charge < -0.3 is 0 Å².